The number of carbonyl (C=O) groups excluding carboxylic acids is 2. The summed E-state index contributed by atoms with van der Waals surface area (Å²) in [4.78, 5) is 24.0. The Morgan fingerprint density at radius 2 is 1.88 bits per heavy atom. The molecule has 1 rings (SSSR count). The maximum absolute atomic E-state index is 12.4. The van der Waals surface area contributed by atoms with Gasteiger partial charge in [0.15, 0.2) is 6.10 Å². The summed E-state index contributed by atoms with van der Waals surface area (Å²) in [5.74, 6) is -0.425. The number of ether oxygens (including phenoxy) is 1. The van der Waals surface area contributed by atoms with E-state index in [9.17, 15) is 14.2 Å². The van der Waals surface area contributed by atoms with Crippen molar-refractivity contribution in [3.63, 3.8) is 0 Å². The van der Waals surface area contributed by atoms with Crippen LogP contribution in [-0.2, 0) is 27.9 Å². The minimum atomic E-state index is -3.48. The highest BCUT2D eigenvalue weighted by molar-refractivity contribution is 7.54. The molecule has 24 heavy (non-hydrogen) atoms. The van der Waals surface area contributed by atoms with Crippen molar-refractivity contribution in [2.75, 3.05) is 19.4 Å². The lowest BCUT2D eigenvalue weighted by atomic mass is 10.1. The number of furan rings is 1. The van der Waals surface area contributed by atoms with Gasteiger partial charge < -0.3 is 18.2 Å². The van der Waals surface area contributed by atoms with Crippen LogP contribution in [0.2, 0.25) is 0 Å². The third-order valence-electron chi connectivity index (χ3n) is 3.02. The molecule has 0 aromatic carbocycles. The number of esters is 1. The van der Waals surface area contributed by atoms with Crippen molar-refractivity contribution in [3.8, 4) is 0 Å². The van der Waals surface area contributed by atoms with Crippen molar-refractivity contribution in [2.24, 2.45) is 0 Å². The fourth-order valence-corrected chi connectivity index (χ4v) is 3.71. The molecular weight excluding hydrogens is 335 g/mol. The zero-order valence-corrected chi connectivity index (χ0v) is 15.3. The number of carbonyl (C=O) groups is 2. The predicted molar refractivity (Wildman–Crippen MR) is 87.8 cm³/mol. The summed E-state index contributed by atoms with van der Waals surface area (Å²) >= 11 is 0. The van der Waals surface area contributed by atoms with Crippen LogP contribution in [0.1, 0.15) is 51.9 Å². The Kier molecular flexibility index (Phi) is 8.97. The van der Waals surface area contributed by atoms with Crippen LogP contribution in [0, 0.1) is 0 Å². The molecule has 1 aromatic heterocycles. The minimum absolute atomic E-state index is 0.146. The van der Waals surface area contributed by atoms with Gasteiger partial charge in [0.2, 0.25) is 0 Å². The Morgan fingerprint density at radius 3 is 2.38 bits per heavy atom. The average molecular weight is 360 g/mol. The van der Waals surface area contributed by atoms with E-state index in [4.69, 9.17) is 18.2 Å². The van der Waals surface area contributed by atoms with E-state index in [1.165, 1.54) is 6.26 Å². The van der Waals surface area contributed by atoms with E-state index in [0.717, 1.165) is 0 Å². The van der Waals surface area contributed by atoms with E-state index in [1.807, 2.05) is 6.92 Å². The first-order valence-electron chi connectivity index (χ1n) is 8.06. The van der Waals surface area contributed by atoms with Crippen LogP contribution >= 0.6 is 7.60 Å². The summed E-state index contributed by atoms with van der Waals surface area (Å²) in [6, 6.07) is 3.27. The zero-order valence-electron chi connectivity index (χ0n) is 14.4. The molecule has 0 fully saturated rings. The van der Waals surface area contributed by atoms with E-state index in [1.54, 1.807) is 26.0 Å². The zero-order chi connectivity index (χ0) is 18.0. The number of Topliss-reactive ketones (excluding diaryl/α,β-unsaturated/α-hetero) is 1. The molecule has 0 saturated heterocycles. The molecule has 0 unspecified atom stereocenters. The molecule has 0 aliphatic rings. The summed E-state index contributed by atoms with van der Waals surface area (Å²) in [6.45, 7) is 5.56. The number of hydrogen-bond acceptors (Lipinski definition) is 7. The molecule has 8 heteroatoms. The lowest BCUT2D eigenvalue weighted by molar-refractivity contribution is -0.151. The second-order valence-electron chi connectivity index (χ2n) is 5.09. The van der Waals surface area contributed by atoms with Crippen molar-refractivity contribution in [1.29, 1.82) is 0 Å². The summed E-state index contributed by atoms with van der Waals surface area (Å²) in [6.07, 6.45) is 0.975. The van der Waals surface area contributed by atoms with E-state index >= 15 is 0 Å². The van der Waals surface area contributed by atoms with Crippen LogP contribution in [0.5, 0.6) is 0 Å². The molecule has 0 amide bonds. The molecule has 0 radical (unpaired) electrons. The number of rotatable bonds is 12. The van der Waals surface area contributed by atoms with Crippen LogP contribution in [-0.4, -0.2) is 31.1 Å². The Labute approximate surface area is 142 Å². The highest BCUT2D eigenvalue weighted by atomic mass is 31.2. The van der Waals surface area contributed by atoms with Gasteiger partial charge >= 0.3 is 13.6 Å². The number of hydrogen-bond donors (Lipinski definition) is 0. The van der Waals surface area contributed by atoms with Crippen molar-refractivity contribution in [3.05, 3.63) is 24.2 Å². The molecule has 1 atom stereocenters. The van der Waals surface area contributed by atoms with Gasteiger partial charge in [0.1, 0.15) is 17.7 Å². The largest absolute Gasteiger partial charge is 0.465 e. The minimum Gasteiger partial charge on any atom is -0.465 e. The first kappa shape index (κ1) is 20.6. The maximum Gasteiger partial charge on any atom is 0.338 e. The van der Waals surface area contributed by atoms with Crippen LogP contribution in [0.15, 0.2) is 22.8 Å². The Morgan fingerprint density at radius 1 is 1.21 bits per heavy atom. The quantitative estimate of drug-likeness (QED) is 0.412. The monoisotopic (exact) mass is 360 g/mol. The van der Waals surface area contributed by atoms with Gasteiger partial charge in [-0.3, -0.25) is 14.2 Å². The van der Waals surface area contributed by atoms with Crippen molar-refractivity contribution in [2.45, 2.75) is 46.1 Å². The lowest BCUT2D eigenvalue weighted by Gasteiger charge is -2.18. The summed E-state index contributed by atoms with van der Waals surface area (Å²) in [7, 11) is -3.48. The molecule has 1 aromatic rings. The topological polar surface area (TPSA) is 92.0 Å². The van der Waals surface area contributed by atoms with Gasteiger partial charge in [-0.25, -0.2) is 0 Å². The van der Waals surface area contributed by atoms with Crippen molar-refractivity contribution in [1.82, 2.24) is 0 Å². The van der Waals surface area contributed by atoms with Crippen molar-refractivity contribution < 1.29 is 32.4 Å². The first-order valence-corrected chi connectivity index (χ1v) is 9.79. The van der Waals surface area contributed by atoms with E-state index < -0.39 is 19.7 Å². The van der Waals surface area contributed by atoms with Crippen LogP contribution in [0.3, 0.4) is 0 Å². The molecule has 136 valence electrons. The van der Waals surface area contributed by atoms with Crippen LogP contribution < -0.4 is 0 Å². The van der Waals surface area contributed by atoms with E-state index in [0.29, 0.717) is 12.2 Å². The third kappa shape index (κ3) is 6.99. The second kappa shape index (κ2) is 10.4. The summed E-state index contributed by atoms with van der Waals surface area (Å²) < 4.78 is 33.2. The first-order chi connectivity index (χ1) is 11.4. The average Bonchev–Trinajstić information content (AvgIpc) is 3.01. The third-order valence-corrected chi connectivity index (χ3v) is 5.07. The van der Waals surface area contributed by atoms with E-state index in [-0.39, 0.29) is 38.0 Å². The molecule has 0 saturated carbocycles. The smallest absolute Gasteiger partial charge is 0.338 e. The lowest BCUT2D eigenvalue weighted by Crippen LogP contribution is -2.17. The Bertz CT molecular complexity index is 543. The molecule has 0 spiro atoms. The van der Waals surface area contributed by atoms with Gasteiger partial charge in [-0.15, -0.1) is 0 Å². The van der Waals surface area contributed by atoms with Crippen LogP contribution in [0.25, 0.3) is 0 Å². The van der Waals surface area contributed by atoms with Gasteiger partial charge in [-0.2, -0.15) is 0 Å². The maximum atomic E-state index is 12.4. The fraction of sp³-hybridized carbons (Fsp3) is 0.625. The Hall–Kier alpha value is -1.43. The molecule has 0 aliphatic heterocycles. The van der Waals surface area contributed by atoms with Gasteiger partial charge in [0.05, 0.1) is 25.9 Å². The molecule has 0 N–H and O–H groups in total. The SMILES string of the molecule is CCCC(=O)O[C@H](CC(=O)CP(=O)(OCC)OCC)c1ccco1. The molecular formula is C16H25O7P. The van der Waals surface area contributed by atoms with Gasteiger partial charge in [0.25, 0.3) is 0 Å². The molecule has 0 aliphatic carbocycles. The highest BCUT2D eigenvalue weighted by Crippen LogP contribution is 2.48. The summed E-state index contributed by atoms with van der Waals surface area (Å²) in [5, 5.41) is 0. The van der Waals surface area contributed by atoms with Crippen molar-refractivity contribution >= 4 is 19.3 Å². The van der Waals surface area contributed by atoms with E-state index in [2.05, 4.69) is 0 Å². The van der Waals surface area contributed by atoms with Gasteiger partial charge in [-0.1, -0.05) is 6.92 Å². The predicted octanol–water partition coefficient (Wildman–Crippen LogP) is 3.89. The fourth-order valence-electron chi connectivity index (χ4n) is 2.11. The highest BCUT2D eigenvalue weighted by Gasteiger charge is 2.30. The summed E-state index contributed by atoms with van der Waals surface area (Å²) in [5.41, 5.74) is 0. The normalized spacial score (nSPS) is 12.8. The molecule has 1 heterocycles. The molecule has 0 bridgehead atoms. The number of ketones is 1. The van der Waals surface area contributed by atoms with Crippen LogP contribution in [0.4, 0.5) is 0 Å². The van der Waals surface area contributed by atoms with Gasteiger partial charge in [0, 0.05) is 6.42 Å². The van der Waals surface area contributed by atoms with Gasteiger partial charge in [-0.05, 0) is 32.4 Å². The Balaban J connectivity index is 2.76. The molecule has 7 nitrogen and oxygen atoms in total. The standard InChI is InChI=1S/C16H25O7P/c1-4-8-16(18)23-15(14-9-7-10-20-14)11-13(17)12-24(19,21-5-2)22-6-3/h7,9-10,15H,4-6,8,11-12H2,1-3H3/t15-/m1/s1. The second-order valence-corrected chi connectivity index (χ2v) is 7.15.